The van der Waals surface area contributed by atoms with Crippen LogP contribution in [0.5, 0.6) is 0 Å². The second-order valence-electron chi connectivity index (χ2n) is 3.74. The van der Waals surface area contributed by atoms with Crippen LogP contribution in [-0.2, 0) is 16.6 Å². The van der Waals surface area contributed by atoms with E-state index in [4.69, 9.17) is 5.14 Å². The van der Waals surface area contributed by atoms with Crippen LogP contribution in [0.1, 0.15) is 5.56 Å². The molecule has 0 aromatic heterocycles. The van der Waals surface area contributed by atoms with Gasteiger partial charge >= 0.3 is 5.51 Å². The second kappa shape index (κ2) is 6.60. The molecule has 0 radical (unpaired) electrons. The van der Waals surface area contributed by atoms with Crippen LogP contribution >= 0.6 is 11.8 Å². The van der Waals surface area contributed by atoms with Gasteiger partial charge in [0, 0.05) is 18.0 Å². The zero-order chi connectivity index (χ0) is 14.5. The van der Waals surface area contributed by atoms with Gasteiger partial charge in [-0.2, -0.15) is 13.2 Å². The molecule has 0 bridgehead atoms. The molecule has 0 spiro atoms. The summed E-state index contributed by atoms with van der Waals surface area (Å²) in [5, 5.41) is 7.65. The molecule has 0 aliphatic carbocycles. The number of nitrogens with two attached hydrogens (primary N) is 1. The van der Waals surface area contributed by atoms with Crippen LogP contribution in [0, 0.1) is 0 Å². The first-order valence-electron chi connectivity index (χ1n) is 5.21. The second-order valence-corrected chi connectivity index (χ2v) is 6.61. The van der Waals surface area contributed by atoms with Crippen molar-refractivity contribution in [2.24, 2.45) is 5.14 Å². The number of rotatable bonds is 6. The molecule has 1 aromatic rings. The van der Waals surface area contributed by atoms with E-state index >= 15 is 0 Å². The van der Waals surface area contributed by atoms with Crippen molar-refractivity contribution in [1.82, 2.24) is 5.32 Å². The van der Waals surface area contributed by atoms with Gasteiger partial charge in [0.15, 0.2) is 0 Å². The molecule has 4 nitrogen and oxygen atoms in total. The minimum absolute atomic E-state index is 0.112. The molecule has 0 aliphatic heterocycles. The van der Waals surface area contributed by atoms with Gasteiger partial charge in [0.1, 0.15) is 0 Å². The number of nitrogens with one attached hydrogen (secondary N) is 1. The predicted molar refractivity (Wildman–Crippen MR) is 68.0 cm³/mol. The third-order valence-electron chi connectivity index (χ3n) is 2.05. The molecule has 1 rings (SSSR count). The highest BCUT2D eigenvalue weighted by molar-refractivity contribution is 8.00. The molecular weight excluding hydrogens is 301 g/mol. The Bertz CT molecular complexity index is 501. The largest absolute Gasteiger partial charge is 0.446 e. The van der Waals surface area contributed by atoms with E-state index in [0.717, 1.165) is 5.56 Å². The Morgan fingerprint density at radius 3 is 2.26 bits per heavy atom. The lowest BCUT2D eigenvalue weighted by Crippen LogP contribution is -2.26. The molecule has 0 amide bonds. The SMILES string of the molecule is NS(=O)(=O)CCNCc1ccc(SC(F)(F)F)cc1. The summed E-state index contributed by atoms with van der Waals surface area (Å²) in [5.41, 5.74) is -3.53. The van der Waals surface area contributed by atoms with Crippen molar-refractivity contribution < 1.29 is 21.6 Å². The number of alkyl halides is 3. The summed E-state index contributed by atoms with van der Waals surface area (Å²) in [6.07, 6.45) is 0. The lowest BCUT2D eigenvalue weighted by atomic mass is 10.2. The Morgan fingerprint density at radius 1 is 1.21 bits per heavy atom. The third-order valence-corrected chi connectivity index (χ3v) is 3.56. The van der Waals surface area contributed by atoms with Gasteiger partial charge in [-0.05, 0) is 29.5 Å². The fraction of sp³-hybridized carbons (Fsp3) is 0.400. The van der Waals surface area contributed by atoms with Gasteiger partial charge in [-0.1, -0.05) is 12.1 Å². The monoisotopic (exact) mass is 314 g/mol. The van der Waals surface area contributed by atoms with E-state index in [-0.39, 0.29) is 29.0 Å². The smallest absolute Gasteiger partial charge is 0.312 e. The molecule has 0 saturated carbocycles. The summed E-state index contributed by atoms with van der Waals surface area (Å²) >= 11 is -0.175. The van der Waals surface area contributed by atoms with Crippen molar-refractivity contribution in [2.45, 2.75) is 16.9 Å². The zero-order valence-electron chi connectivity index (χ0n) is 9.77. The van der Waals surface area contributed by atoms with Gasteiger partial charge in [-0.15, -0.1) is 0 Å². The summed E-state index contributed by atoms with van der Waals surface area (Å²) in [5.74, 6) is -0.186. The molecule has 9 heteroatoms. The van der Waals surface area contributed by atoms with E-state index in [9.17, 15) is 21.6 Å². The normalized spacial score (nSPS) is 12.6. The molecule has 0 fully saturated rings. The lowest BCUT2D eigenvalue weighted by molar-refractivity contribution is -0.0328. The lowest BCUT2D eigenvalue weighted by Gasteiger charge is -2.07. The molecule has 0 atom stereocenters. The van der Waals surface area contributed by atoms with Crippen LogP contribution in [0.25, 0.3) is 0 Å². The number of primary sulfonamides is 1. The van der Waals surface area contributed by atoms with Crippen LogP contribution in [0.15, 0.2) is 29.2 Å². The number of thioether (sulfide) groups is 1. The summed E-state index contributed by atoms with van der Waals surface area (Å²) in [4.78, 5) is 0.112. The van der Waals surface area contributed by atoms with Gasteiger partial charge < -0.3 is 5.32 Å². The first-order chi connectivity index (χ1) is 8.66. The highest BCUT2D eigenvalue weighted by Crippen LogP contribution is 2.36. The first kappa shape index (κ1) is 16.3. The van der Waals surface area contributed by atoms with Gasteiger partial charge in [0.05, 0.1) is 5.75 Å². The molecule has 0 heterocycles. The molecule has 1 aromatic carbocycles. The Hall–Kier alpha value is -0.770. The number of benzene rings is 1. The van der Waals surface area contributed by atoms with Gasteiger partial charge in [-0.3, -0.25) is 0 Å². The molecule has 0 saturated heterocycles. The molecular formula is C10H13F3N2O2S2. The number of halogens is 3. The van der Waals surface area contributed by atoms with E-state index in [1.165, 1.54) is 12.1 Å². The Labute approximate surface area is 113 Å². The summed E-state index contributed by atoms with van der Waals surface area (Å²) in [6, 6.07) is 5.85. The average molecular weight is 314 g/mol. The maximum atomic E-state index is 12.1. The maximum absolute atomic E-state index is 12.1. The van der Waals surface area contributed by atoms with Gasteiger partial charge in [-0.25, -0.2) is 13.6 Å². The quantitative estimate of drug-likeness (QED) is 0.619. The van der Waals surface area contributed by atoms with Crippen LogP contribution in [0.4, 0.5) is 13.2 Å². The Morgan fingerprint density at radius 2 is 1.79 bits per heavy atom. The van der Waals surface area contributed by atoms with Crippen molar-refractivity contribution in [3.8, 4) is 0 Å². The minimum atomic E-state index is -4.30. The number of hydrogen-bond acceptors (Lipinski definition) is 4. The molecule has 0 aliphatic rings. The third kappa shape index (κ3) is 8.09. The van der Waals surface area contributed by atoms with E-state index in [1.54, 1.807) is 12.1 Å². The molecule has 19 heavy (non-hydrogen) atoms. The average Bonchev–Trinajstić information content (AvgIpc) is 2.23. The Balaban J connectivity index is 2.40. The molecule has 3 N–H and O–H groups in total. The van der Waals surface area contributed by atoms with Crippen molar-refractivity contribution in [1.29, 1.82) is 0 Å². The minimum Gasteiger partial charge on any atom is -0.312 e. The topological polar surface area (TPSA) is 72.2 Å². The maximum Gasteiger partial charge on any atom is 0.446 e. The number of hydrogen-bond donors (Lipinski definition) is 2. The highest BCUT2D eigenvalue weighted by Gasteiger charge is 2.28. The van der Waals surface area contributed by atoms with Crippen molar-refractivity contribution >= 4 is 21.8 Å². The van der Waals surface area contributed by atoms with Crippen LogP contribution < -0.4 is 10.5 Å². The Kier molecular flexibility index (Phi) is 5.65. The predicted octanol–water partition coefficient (Wildman–Crippen LogP) is 1.68. The summed E-state index contributed by atoms with van der Waals surface area (Å²) in [7, 11) is -3.50. The number of sulfonamides is 1. The van der Waals surface area contributed by atoms with Crippen molar-refractivity contribution in [3.05, 3.63) is 29.8 Å². The van der Waals surface area contributed by atoms with E-state index in [1.807, 2.05) is 0 Å². The highest BCUT2D eigenvalue weighted by atomic mass is 32.2. The van der Waals surface area contributed by atoms with Crippen molar-refractivity contribution in [2.75, 3.05) is 12.3 Å². The van der Waals surface area contributed by atoms with Crippen LogP contribution in [0.3, 0.4) is 0 Å². The van der Waals surface area contributed by atoms with Crippen LogP contribution in [0.2, 0.25) is 0 Å². The standard InChI is InChI=1S/C10H13F3N2O2S2/c11-10(12,13)18-9-3-1-8(2-4-9)7-15-5-6-19(14,16)17/h1-4,15H,5-7H2,(H2,14,16,17). The van der Waals surface area contributed by atoms with Gasteiger partial charge in [0.2, 0.25) is 10.0 Å². The van der Waals surface area contributed by atoms with Crippen molar-refractivity contribution in [3.63, 3.8) is 0 Å². The fourth-order valence-corrected chi connectivity index (χ4v) is 2.22. The summed E-state index contributed by atoms with van der Waals surface area (Å²) in [6.45, 7) is 0.560. The first-order valence-corrected chi connectivity index (χ1v) is 7.75. The molecule has 108 valence electrons. The zero-order valence-corrected chi connectivity index (χ0v) is 11.4. The van der Waals surface area contributed by atoms with E-state index < -0.39 is 15.5 Å². The molecule has 0 unspecified atom stereocenters. The summed E-state index contributed by atoms with van der Waals surface area (Å²) < 4.78 is 57.5. The fourth-order valence-electron chi connectivity index (χ4n) is 1.26. The van der Waals surface area contributed by atoms with Crippen LogP contribution in [-0.4, -0.2) is 26.2 Å². The van der Waals surface area contributed by atoms with E-state index in [2.05, 4.69) is 5.32 Å². The van der Waals surface area contributed by atoms with Gasteiger partial charge in [0.25, 0.3) is 0 Å². The van der Waals surface area contributed by atoms with E-state index in [0.29, 0.717) is 6.54 Å².